The number of rotatable bonds is 11. The molecule has 1 aromatic carbocycles. The molecule has 0 saturated carbocycles. The van der Waals surface area contributed by atoms with Crippen molar-refractivity contribution in [3.05, 3.63) is 68.2 Å². The van der Waals surface area contributed by atoms with Crippen molar-refractivity contribution in [3.8, 4) is 0 Å². The third-order valence-electron chi connectivity index (χ3n) is 5.56. The van der Waals surface area contributed by atoms with Gasteiger partial charge in [0.05, 0.1) is 31.6 Å². The molecular weight excluding hydrogens is 512 g/mol. The second-order valence-corrected chi connectivity index (χ2v) is 10.7. The van der Waals surface area contributed by atoms with Gasteiger partial charge in [0.1, 0.15) is 18.4 Å². The molecule has 5 atom stereocenters. The number of H-pyrrole nitrogens is 1. The van der Waals surface area contributed by atoms with Crippen LogP contribution in [0.5, 0.6) is 0 Å². The number of nitrogens with one attached hydrogen (secondary N) is 2. The number of aliphatic hydroxyl groups excluding tert-OH is 1. The summed E-state index contributed by atoms with van der Waals surface area (Å²) < 4.78 is 50.0. The molecule has 0 amide bonds. The summed E-state index contributed by atoms with van der Waals surface area (Å²) in [6.07, 6.45) is -3.21. The van der Waals surface area contributed by atoms with Gasteiger partial charge >= 0.3 is 19.4 Å². The van der Waals surface area contributed by atoms with Crippen LogP contribution >= 0.6 is 7.75 Å². The van der Waals surface area contributed by atoms with Crippen molar-refractivity contribution in [2.75, 3.05) is 6.61 Å². The van der Waals surface area contributed by atoms with E-state index in [1.165, 1.54) is 6.92 Å². The number of esters is 1. The van der Waals surface area contributed by atoms with Crippen LogP contribution in [0.3, 0.4) is 0 Å². The number of hydrogen-bond donors (Lipinski definition) is 3. The van der Waals surface area contributed by atoms with Gasteiger partial charge in [0.2, 0.25) is 5.82 Å². The molecule has 0 spiro atoms. The highest BCUT2D eigenvalue weighted by Crippen LogP contribution is 2.46. The third kappa shape index (κ3) is 7.67. The van der Waals surface area contributed by atoms with Gasteiger partial charge in [-0.25, -0.2) is 14.4 Å². The molecule has 0 radical (unpaired) electrons. The lowest BCUT2D eigenvalue weighted by Crippen LogP contribution is -2.36. The van der Waals surface area contributed by atoms with Crippen LogP contribution in [0.2, 0.25) is 0 Å². The fourth-order valence-electron chi connectivity index (χ4n) is 3.54. The van der Waals surface area contributed by atoms with Gasteiger partial charge in [0.15, 0.2) is 0 Å². The smallest absolute Gasteiger partial charge is 0.406 e. The minimum atomic E-state index is -4.17. The van der Waals surface area contributed by atoms with Crippen molar-refractivity contribution in [2.45, 2.75) is 71.3 Å². The van der Waals surface area contributed by atoms with Crippen LogP contribution in [0.4, 0.5) is 4.39 Å². The molecule has 3 rings (SSSR count). The van der Waals surface area contributed by atoms with E-state index in [4.69, 9.17) is 18.5 Å². The van der Waals surface area contributed by atoms with E-state index < -0.39 is 68.0 Å². The fraction of sp³-hybridized carbons (Fsp3) is 0.522. The molecule has 1 saturated heterocycles. The third-order valence-corrected chi connectivity index (χ3v) is 7.22. The number of carbonyl (C=O) groups excluding carboxylic acids is 1. The molecule has 1 aliphatic heterocycles. The molecule has 3 N–H and O–H groups in total. The van der Waals surface area contributed by atoms with Crippen molar-refractivity contribution in [1.82, 2.24) is 14.6 Å². The fourth-order valence-corrected chi connectivity index (χ4v) is 5.00. The first-order valence-electron chi connectivity index (χ1n) is 11.6. The summed E-state index contributed by atoms with van der Waals surface area (Å²) in [5.41, 5.74) is -0.473. The van der Waals surface area contributed by atoms with E-state index >= 15 is 0 Å². The van der Waals surface area contributed by atoms with Gasteiger partial charge < -0.3 is 14.6 Å². The molecule has 1 aromatic heterocycles. The minimum absolute atomic E-state index is 0.106. The molecule has 37 heavy (non-hydrogen) atoms. The van der Waals surface area contributed by atoms with Crippen LogP contribution in [-0.4, -0.2) is 51.6 Å². The number of halogens is 1. The lowest BCUT2D eigenvalue weighted by Gasteiger charge is -2.25. The number of aliphatic hydroxyl groups is 1. The zero-order chi connectivity index (χ0) is 27.3. The predicted molar refractivity (Wildman–Crippen MR) is 129 cm³/mol. The molecule has 2 heterocycles. The first-order valence-corrected chi connectivity index (χ1v) is 13.2. The second kappa shape index (κ2) is 12.2. The highest BCUT2D eigenvalue weighted by Gasteiger charge is 2.39. The maximum Gasteiger partial charge on any atom is 0.406 e. The van der Waals surface area contributed by atoms with Gasteiger partial charge in [-0.3, -0.25) is 28.2 Å². The summed E-state index contributed by atoms with van der Waals surface area (Å²) in [5.74, 6) is -1.87. The molecule has 204 valence electrons. The van der Waals surface area contributed by atoms with Crippen LogP contribution in [0.1, 0.15) is 44.5 Å². The Kier molecular flexibility index (Phi) is 9.57. The maximum atomic E-state index is 13.7. The molecule has 1 aliphatic rings. The Morgan fingerprint density at radius 1 is 1.30 bits per heavy atom. The quantitative estimate of drug-likeness (QED) is 0.282. The van der Waals surface area contributed by atoms with E-state index in [0.717, 1.165) is 15.7 Å². The minimum Gasteiger partial charge on any atom is -0.462 e. The van der Waals surface area contributed by atoms with Crippen molar-refractivity contribution in [3.63, 3.8) is 0 Å². The van der Waals surface area contributed by atoms with Gasteiger partial charge in [-0.15, -0.1) is 0 Å². The first-order chi connectivity index (χ1) is 17.4. The van der Waals surface area contributed by atoms with Crippen molar-refractivity contribution in [1.29, 1.82) is 0 Å². The van der Waals surface area contributed by atoms with Crippen LogP contribution in [0, 0.1) is 12.7 Å². The summed E-state index contributed by atoms with van der Waals surface area (Å²) in [4.78, 5) is 37.4. The highest BCUT2D eigenvalue weighted by atomic mass is 31.2. The van der Waals surface area contributed by atoms with Crippen LogP contribution in [0.25, 0.3) is 0 Å². The Hall–Kier alpha value is -2.67. The summed E-state index contributed by atoms with van der Waals surface area (Å²) >= 11 is 0. The van der Waals surface area contributed by atoms with Gasteiger partial charge in [-0.05, 0) is 38.8 Å². The summed E-state index contributed by atoms with van der Waals surface area (Å²) in [6, 6.07) is 6.20. The number of carbonyl (C=O) groups is 1. The molecule has 14 heteroatoms. The van der Waals surface area contributed by atoms with E-state index in [1.54, 1.807) is 26.0 Å². The molecule has 0 unspecified atom stereocenters. The largest absolute Gasteiger partial charge is 0.462 e. The number of ether oxygens (including phenoxy) is 2. The van der Waals surface area contributed by atoms with Gasteiger partial charge in [0.25, 0.3) is 5.56 Å². The number of aromatic amines is 1. The topological polar surface area (TPSA) is 158 Å². The second-order valence-electron chi connectivity index (χ2n) is 8.91. The van der Waals surface area contributed by atoms with Crippen molar-refractivity contribution < 1.29 is 37.4 Å². The Labute approximate surface area is 212 Å². The Bertz CT molecular complexity index is 1260. The van der Waals surface area contributed by atoms with Gasteiger partial charge in [0, 0.05) is 6.42 Å². The van der Waals surface area contributed by atoms with E-state index in [-0.39, 0.29) is 13.0 Å². The van der Waals surface area contributed by atoms with Crippen LogP contribution in [0.15, 0.2) is 40.1 Å². The van der Waals surface area contributed by atoms with E-state index in [2.05, 4.69) is 5.09 Å². The molecular formula is C23H31FN3O9P. The molecule has 0 aliphatic carbocycles. The zero-order valence-corrected chi connectivity index (χ0v) is 21.8. The van der Waals surface area contributed by atoms with Crippen molar-refractivity contribution >= 4 is 13.7 Å². The first kappa shape index (κ1) is 28.9. The average Bonchev–Trinajstić information content (AvgIpc) is 3.19. The number of aromatic nitrogens is 2. The Balaban J connectivity index is 1.73. The molecule has 2 aromatic rings. The summed E-state index contributed by atoms with van der Waals surface area (Å²) in [5, 5.41) is 13.0. The number of nitrogens with zero attached hydrogens (tertiary/aromatic N) is 1. The lowest BCUT2D eigenvalue weighted by atomic mass is 10.1. The summed E-state index contributed by atoms with van der Waals surface area (Å²) in [7, 11) is -4.17. The van der Waals surface area contributed by atoms with E-state index in [0.29, 0.717) is 6.20 Å². The SMILES string of the molecule is Cc1ccccc1CO[P@](=O)(N[C@@H](C)C(=O)OC(C)C)OC[C@H]1O[C@@H](n2cc(F)c(=O)[nH]c2=O)C[C@@H]1O. The predicted octanol–water partition coefficient (Wildman–Crippen LogP) is 1.90. The van der Waals surface area contributed by atoms with E-state index in [1.807, 2.05) is 24.0 Å². The molecule has 0 bridgehead atoms. The van der Waals surface area contributed by atoms with Crippen LogP contribution in [-0.2, 0) is 34.5 Å². The van der Waals surface area contributed by atoms with Gasteiger partial charge in [-0.2, -0.15) is 4.39 Å². The monoisotopic (exact) mass is 543 g/mol. The lowest BCUT2D eigenvalue weighted by molar-refractivity contribution is -0.149. The average molecular weight is 543 g/mol. The number of hydrogen-bond acceptors (Lipinski definition) is 9. The Morgan fingerprint density at radius 2 is 2.00 bits per heavy atom. The Morgan fingerprint density at radius 3 is 2.68 bits per heavy atom. The number of benzene rings is 1. The van der Waals surface area contributed by atoms with Gasteiger partial charge in [-0.1, -0.05) is 24.3 Å². The molecule has 12 nitrogen and oxygen atoms in total. The number of aryl methyl sites for hydroxylation is 1. The van der Waals surface area contributed by atoms with E-state index in [9.17, 15) is 28.4 Å². The van der Waals surface area contributed by atoms with Crippen LogP contribution < -0.4 is 16.3 Å². The normalized spacial score (nSPS) is 22.1. The maximum absolute atomic E-state index is 13.7. The molecule has 1 fully saturated rings. The zero-order valence-electron chi connectivity index (χ0n) is 20.9. The highest BCUT2D eigenvalue weighted by molar-refractivity contribution is 7.51. The standard InChI is InChI=1S/C23H31FN3O9P/c1-13(2)35-22(30)15(4)26-37(32,33-11-16-8-6-5-7-14(16)3)34-12-19-18(28)9-20(36-19)27-10-17(24)21(29)25-23(27)31/h5-8,10,13,15,18-20,28H,9,11-12H2,1-4H3,(H,26,32)(H,25,29,31)/t15-,18-,19+,20+,37+/m0/s1. The summed E-state index contributed by atoms with van der Waals surface area (Å²) in [6.45, 7) is 6.07. The van der Waals surface area contributed by atoms with Crippen molar-refractivity contribution in [2.24, 2.45) is 0 Å².